The van der Waals surface area contributed by atoms with Gasteiger partial charge < -0.3 is 4.74 Å². The summed E-state index contributed by atoms with van der Waals surface area (Å²) in [6.07, 6.45) is 8.46. The van der Waals surface area contributed by atoms with Crippen LogP contribution in [0.5, 0.6) is 5.75 Å². The Morgan fingerprint density at radius 2 is 1.88 bits per heavy atom. The van der Waals surface area contributed by atoms with E-state index in [-0.39, 0.29) is 11.7 Å². The highest BCUT2D eigenvalue weighted by Gasteiger charge is 2.28. The molecule has 2 aromatic carbocycles. The minimum Gasteiger partial charge on any atom is -0.434 e. The smallest absolute Gasteiger partial charge is 0.387 e. The largest absolute Gasteiger partial charge is 0.434 e. The Bertz CT molecular complexity index is 790. The maximum Gasteiger partial charge on any atom is 0.387 e. The predicted molar refractivity (Wildman–Crippen MR) is 99.4 cm³/mol. The van der Waals surface area contributed by atoms with Crippen LogP contribution in [0.3, 0.4) is 0 Å². The van der Waals surface area contributed by atoms with Crippen LogP contribution < -0.4 is 4.74 Å². The molecule has 1 saturated carbocycles. The van der Waals surface area contributed by atoms with Crippen LogP contribution in [0.1, 0.15) is 56.6 Å². The van der Waals surface area contributed by atoms with E-state index in [2.05, 4.69) is 6.08 Å². The van der Waals surface area contributed by atoms with Crippen molar-refractivity contribution in [1.82, 2.24) is 0 Å². The summed E-state index contributed by atoms with van der Waals surface area (Å²) in [5.41, 5.74) is 1.36. The lowest BCUT2D eigenvalue weighted by atomic mass is 9.77. The molecule has 0 N–H and O–H groups in total. The zero-order valence-corrected chi connectivity index (χ0v) is 15.3. The number of ether oxygens (including phenoxy) is 1. The number of fused-ring (bicyclic) bond motifs is 1. The lowest BCUT2D eigenvalue weighted by Crippen LogP contribution is -2.15. The fourth-order valence-corrected chi connectivity index (χ4v) is 4.07. The summed E-state index contributed by atoms with van der Waals surface area (Å²) in [5, 5.41) is 1.10. The van der Waals surface area contributed by atoms with Crippen molar-refractivity contribution in [2.45, 2.75) is 58.5 Å². The molecule has 0 radical (unpaired) electrons. The third kappa shape index (κ3) is 3.89. The second-order valence-corrected chi connectivity index (χ2v) is 7.03. The van der Waals surface area contributed by atoms with E-state index in [1.807, 2.05) is 32.1 Å². The number of benzene rings is 2. The number of aryl methyl sites for hydroxylation is 1. The van der Waals surface area contributed by atoms with Crippen LogP contribution in [0, 0.1) is 11.7 Å². The third-order valence-electron chi connectivity index (χ3n) is 5.41. The molecule has 1 aliphatic rings. The molecule has 0 heterocycles. The lowest BCUT2D eigenvalue weighted by molar-refractivity contribution is -0.0508. The zero-order valence-electron chi connectivity index (χ0n) is 15.3. The topological polar surface area (TPSA) is 9.23 Å². The van der Waals surface area contributed by atoms with E-state index in [1.165, 1.54) is 0 Å². The van der Waals surface area contributed by atoms with Gasteiger partial charge in [-0.3, -0.25) is 0 Å². The molecule has 3 rings (SSSR count). The molecule has 0 spiro atoms. The number of alkyl halides is 2. The molecule has 26 heavy (non-hydrogen) atoms. The molecular formula is C22H25F3O. The standard InChI is InChI=1S/C22H25F3O/c1-3-5-15-6-9-16(10-7-15)20-19(26-22(24)25)13-17-12-14(4-2)8-11-18(17)21(20)23/h3,5,8,11-13,15-16,22H,4,6-7,9-10H2,1-2H3/b5-3+. The Hall–Kier alpha value is -1.97. The molecule has 0 bridgehead atoms. The van der Waals surface area contributed by atoms with Crippen LogP contribution in [0.4, 0.5) is 13.2 Å². The zero-order chi connectivity index (χ0) is 18.7. The van der Waals surface area contributed by atoms with Crippen molar-refractivity contribution in [2.75, 3.05) is 0 Å². The van der Waals surface area contributed by atoms with Gasteiger partial charge in [0.25, 0.3) is 0 Å². The molecule has 4 heteroatoms. The first kappa shape index (κ1) is 18.8. The van der Waals surface area contributed by atoms with Crippen molar-refractivity contribution in [1.29, 1.82) is 0 Å². The molecule has 2 aromatic rings. The first-order valence-corrected chi connectivity index (χ1v) is 9.36. The number of rotatable bonds is 5. The first-order chi connectivity index (χ1) is 12.5. The maximum atomic E-state index is 15.3. The Morgan fingerprint density at radius 1 is 1.15 bits per heavy atom. The Kier molecular flexibility index (Phi) is 5.90. The van der Waals surface area contributed by atoms with E-state index in [0.29, 0.717) is 22.3 Å². The summed E-state index contributed by atoms with van der Waals surface area (Å²) in [6, 6.07) is 7.08. The monoisotopic (exact) mass is 362 g/mol. The summed E-state index contributed by atoms with van der Waals surface area (Å²) < 4.78 is 46.0. The van der Waals surface area contributed by atoms with Gasteiger partial charge in [-0.1, -0.05) is 37.3 Å². The van der Waals surface area contributed by atoms with E-state index in [1.54, 1.807) is 12.1 Å². The van der Waals surface area contributed by atoms with Gasteiger partial charge in [-0.2, -0.15) is 8.78 Å². The van der Waals surface area contributed by atoms with E-state index < -0.39 is 12.4 Å². The van der Waals surface area contributed by atoms with Crippen molar-refractivity contribution >= 4 is 10.8 Å². The van der Waals surface area contributed by atoms with E-state index >= 15 is 4.39 Å². The Labute approximate surface area is 152 Å². The number of hydrogen-bond donors (Lipinski definition) is 0. The Balaban J connectivity index is 2.03. The summed E-state index contributed by atoms with van der Waals surface area (Å²) >= 11 is 0. The molecule has 1 aliphatic carbocycles. The molecule has 0 unspecified atom stereocenters. The van der Waals surface area contributed by atoms with E-state index in [4.69, 9.17) is 4.74 Å². The van der Waals surface area contributed by atoms with E-state index in [0.717, 1.165) is 37.7 Å². The number of hydrogen-bond acceptors (Lipinski definition) is 1. The van der Waals surface area contributed by atoms with Crippen molar-refractivity contribution in [2.24, 2.45) is 5.92 Å². The normalized spacial score (nSPS) is 21.0. The molecule has 0 aromatic heterocycles. The SMILES string of the molecule is C/C=C/C1CCC(c2c(OC(F)F)cc3cc(CC)ccc3c2F)CC1. The summed E-state index contributed by atoms with van der Waals surface area (Å²) in [6.45, 7) is 1.04. The molecule has 1 fully saturated rings. The highest BCUT2D eigenvalue weighted by atomic mass is 19.3. The molecule has 0 atom stereocenters. The van der Waals surface area contributed by atoms with Gasteiger partial charge in [0, 0.05) is 10.9 Å². The summed E-state index contributed by atoms with van der Waals surface area (Å²) in [5.74, 6) is -0.00474. The van der Waals surface area contributed by atoms with Gasteiger partial charge in [0.1, 0.15) is 11.6 Å². The predicted octanol–water partition coefficient (Wildman–Crippen LogP) is 6.99. The summed E-state index contributed by atoms with van der Waals surface area (Å²) in [7, 11) is 0. The van der Waals surface area contributed by atoms with Crippen molar-refractivity contribution in [3.05, 3.63) is 53.4 Å². The molecule has 0 aliphatic heterocycles. The molecule has 140 valence electrons. The molecule has 1 nitrogen and oxygen atoms in total. The van der Waals surface area contributed by atoms with Gasteiger partial charge in [0.05, 0.1) is 0 Å². The molecule has 0 saturated heterocycles. The fourth-order valence-electron chi connectivity index (χ4n) is 4.07. The molecular weight excluding hydrogens is 337 g/mol. The van der Waals surface area contributed by atoms with Crippen LogP contribution in [-0.4, -0.2) is 6.61 Å². The number of halogens is 3. The highest BCUT2D eigenvalue weighted by molar-refractivity contribution is 5.86. The van der Waals surface area contributed by atoms with Gasteiger partial charge in [-0.25, -0.2) is 4.39 Å². The van der Waals surface area contributed by atoms with Gasteiger partial charge in [0.15, 0.2) is 0 Å². The molecule has 0 amide bonds. The van der Waals surface area contributed by atoms with E-state index in [9.17, 15) is 8.78 Å². The van der Waals surface area contributed by atoms with Gasteiger partial charge >= 0.3 is 6.61 Å². The average molecular weight is 362 g/mol. The summed E-state index contributed by atoms with van der Waals surface area (Å²) in [4.78, 5) is 0. The van der Waals surface area contributed by atoms with Crippen LogP contribution in [0.25, 0.3) is 10.8 Å². The van der Waals surface area contributed by atoms with Gasteiger partial charge in [-0.15, -0.1) is 0 Å². The van der Waals surface area contributed by atoms with Gasteiger partial charge in [-0.05, 0) is 67.9 Å². The first-order valence-electron chi connectivity index (χ1n) is 9.36. The maximum absolute atomic E-state index is 15.3. The minimum atomic E-state index is -2.96. The van der Waals surface area contributed by atoms with Crippen LogP contribution in [0.15, 0.2) is 36.4 Å². The highest BCUT2D eigenvalue weighted by Crippen LogP contribution is 2.44. The van der Waals surface area contributed by atoms with Crippen molar-refractivity contribution < 1.29 is 17.9 Å². The third-order valence-corrected chi connectivity index (χ3v) is 5.41. The van der Waals surface area contributed by atoms with Crippen molar-refractivity contribution in [3.63, 3.8) is 0 Å². The van der Waals surface area contributed by atoms with Crippen LogP contribution in [0.2, 0.25) is 0 Å². The Morgan fingerprint density at radius 3 is 2.50 bits per heavy atom. The fraction of sp³-hybridized carbons (Fsp3) is 0.455. The second kappa shape index (κ2) is 8.15. The lowest BCUT2D eigenvalue weighted by Gasteiger charge is -2.29. The number of allylic oxidation sites excluding steroid dienone is 2. The van der Waals surface area contributed by atoms with Crippen molar-refractivity contribution in [3.8, 4) is 5.75 Å². The minimum absolute atomic E-state index is 0.00673. The quantitative estimate of drug-likeness (QED) is 0.521. The van der Waals surface area contributed by atoms with Crippen LogP contribution in [-0.2, 0) is 6.42 Å². The second-order valence-electron chi connectivity index (χ2n) is 7.03. The van der Waals surface area contributed by atoms with Gasteiger partial charge in [0.2, 0.25) is 0 Å². The van der Waals surface area contributed by atoms with Crippen LogP contribution >= 0.6 is 0 Å². The average Bonchev–Trinajstić information content (AvgIpc) is 2.62.